The van der Waals surface area contributed by atoms with Crippen LogP contribution in [0.2, 0.25) is 5.02 Å². The molecule has 2 aromatic rings. The molecule has 1 N–H and O–H groups in total. The lowest BCUT2D eigenvalue weighted by molar-refractivity contribution is 0.206. The Labute approximate surface area is 190 Å². The molecule has 0 aromatic heterocycles. The molecule has 3 aliphatic rings. The summed E-state index contributed by atoms with van der Waals surface area (Å²) < 4.78 is 0. The number of benzene rings is 2. The summed E-state index contributed by atoms with van der Waals surface area (Å²) in [5, 5.41) is 4.50. The molecule has 4 nitrogen and oxygen atoms in total. The summed E-state index contributed by atoms with van der Waals surface area (Å²) in [7, 11) is 0. The first-order valence-electron chi connectivity index (χ1n) is 11.7. The van der Waals surface area contributed by atoms with Crippen LogP contribution in [-0.4, -0.2) is 48.8 Å². The van der Waals surface area contributed by atoms with E-state index in [1.807, 2.05) is 12.1 Å². The highest BCUT2D eigenvalue weighted by Crippen LogP contribution is 2.42. The minimum atomic E-state index is 0.293. The van der Waals surface area contributed by atoms with Crippen molar-refractivity contribution in [3.8, 4) is 0 Å². The standard InChI is InChI=1S/C26H31ClN4/c1-2-13-31-14-11-19(12-15-31)29-26-28-17-18-16-23(21-8-5-6-10-24(21)27)20-7-3-4-9-22(20)25(18)30-26/h3-10,18-19,23H,2,11-17H2,1H3,(H,28,29). The third-order valence-electron chi connectivity index (χ3n) is 6.95. The van der Waals surface area contributed by atoms with Crippen molar-refractivity contribution >= 4 is 23.3 Å². The fourth-order valence-corrected chi connectivity index (χ4v) is 5.63. The average molecular weight is 435 g/mol. The lowest BCUT2D eigenvalue weighted by Crippen LogP contribution is -2.46. The number of aliphatic imine (C=N–C) groups is 2. The van der Waals surface area contributed by atoms with Gasteiger partial charge in [0.15, 0.2) is 0 Å². The van der Waals surface area contributed by atoms with Crippen molar-refractivity contribution in [1.82, 2.24) is 10.2 Å². The lowest BCUT2D eigenvalue weighted by Gasteiger charge is -2.36. The van der Waals surface area contributed by atoms with Gasteiger partial charge in [-0.05, 0) is 49.4 Å². The van der Waals surface area contributed by atoms with Crippen molar-refractivity contribution < 1.29 is 0 Å². The van der Waals surface area contributed by atoms with Gasteiger partial charge in [0.25, 0.3) is 0 Å². The molecule has 1 saturated heterocycles. The van der Waals surface area contributed by atoms with Gasteiger partial charge in [0, 0.05) is 41.6 Å². The molecule has 2 heterocycles. The number of piperidine rings is 1. The van der Waals surface area contributed by atoms with Crippen LogP contribution >= 0.6 is 11.6 Å². The Balaban J connectivity index is 1.37. The maximum absolute atomic E-state index is 6.59. The third kappa shape index (κ3) is 4.28. The Kier molecular flexibility index (Phi) is 6.10. The van der Waals surface area contributed by atoms with Crippen LogP contribution in [0, 0.1) is 5.92 Å². The summed E-state index contributed by atoms with van der Waals surface area (Å²) in [4.78, 5) is 12.5. The van der Waals surface area contributed by atoms with Crippen molar-refractivity contribution in [3.05, 3.63) is 70.2 Å². The van der Waals surface area contributed by atoms with Crippen LogP contribution in [0.15, 0.2) is 58.5 Å². The molecular weight excluding hydrogens is 404 g/mol. The number of halogens is 1. The molecule has 162 valence electrons. The Morgan fingerprint density at radius 2 is 1.77 bits per heavy atom. The summed E-state index contributed by atoms with van der Waals surface area (Å²) in [6.45, 7) is 6.60. The predicted octanol–water partition coefficient (Wildman–Crippen LogP) is 5.11. The van der Waals surface area contributed by atoms with Gasteiger partial charge in [0.05, 0.1) is 12.3 Å². The number of rotatable bonds is 4. The topological polar surface area (TPSA) is 40.0 Å². The smallest absolute Gasteiger partial charge is 0.218 e. The summed E-state index contributed by atoms with van der Waals surface area (Å²) in [6.07, 6.45) is 4.57. The first-order valence-corrected chi connectivity index (χ1v) is 12.1. The second-order valence-electron chi connectivity index (χ2n) is 9.02. The average Bonchev–Trinajstić information content (AvgIpc) is 2.81. The molecule has 2 atom stereocenters. The van der Waals surface area contributed by atoms with Gasteiger partial charge in [-0.25, -0.2) is 4.99 Å². The van der Waals surface area contributed by atoms with E-state index in [4.69, 9.17) is 21.6 Å². The van der Waals surface area contributed by atoms with E-state index in [0.29, 0.717) is 17.9 Å². The van der Waals surface area contributed by atoms with E-state index in [9.17, 15) is 0 Å². The number of hydrogen-bond donors (Lipinski definition) is 1. The van der Waals surface area contributed by atoms with Crippen molar-refractivity contribution in [3.63, 3.8) is 0 Å². The van der Waals surface area contributed by atoms with Crippen LogP contribution in [0.4, 0.5) is 0 Å². The summed E-state index contributed by atoms with van der Waals surface area (Å²) in [5.74, 6) is 1.46. The van der Waals surface area contributed by atoms with E-state index in [1.54, 1.807) is 0 Å². The number of guanidine groups is 1. The van der Waals surface area contributed by atoms with E-state index in [0.717, 1.165) is 23.9 Å². The highest BCUT2D eigenvalue weighted by atomic mass is 35.5. The molecule has 0 spiro atoms. The highest BCUT2D eigenvalue weighted by Gasteiger charge is 2.35. The van der Waals surface area contributed by atoms with Crippen LogP contribution in [-0.2, 0) is 0 Å². The van der Waals surface area contributed by atoms with Crippen LogP contribution < -0.4 is 5.32 Å². The van der Waals surface area contributed by atoms with E-state index in [1.165, 1.54) is 61.3 Å². The second kappa shape index (κ2) is 9.13. The lowest BCUT2D eigenvalue weighted by atomic mass is 9.72. The maximum atomic E-state index is 6.59. The quantitative estimate of drug-likeness (QED) is 0.725. The van der Waals surface area contributed by atoms with Gasteiger partial charge in [-0.1, -0.05) is 61.0 Å². The van der Waals surface area contributed by atoms with Crippen molar-refractivity contribution in [2.24, 2.45) is 15.9 Å². The molecule has 5 heteroatoms. The minimum absolute atomic E-state index is 0.293. The largest absolute Gasteiger partial charge is 0.352 e. The fraction of sp³-hybridized carbons (Fsp3) is 0.462. The molecule has 2 aliphatic heterocycles. The summed E-state index contributed by atoms with van der Waals surface area (Å²) >= 11 is 6.59. The first kappa shape index (κ1) is 20.7. The van der Waals surface area contributed by atoms with Crippen LogP contribution in [0.3, 0.4) is 0 Å². The van der Waals surface area contributed by atoms with Gasteiger partial charge in [-0.15, -0.1) is 0 Å². The Morgan fingerprint density at radius 1 is 1.03 bits per heavy atom. The van der Waals surface area contributed by atoms with Crippen LogP contribution in [0.25, 0.3) is 0 Å². The zero-order valence-electron chi connectivity index (χ0n) is 18.2. The third-order valence-corrected chi connectivity index (χ3v) is 7.29. The van der Waals surface area contributed by atoms with Crippen molar-refractivity contribution in [2.75, 3.05) is 26.2 Å². The second-order valence-corrected chi connectivity index (χ2v) is 9.42. The SMILES string of the molecule is CCCN1CCC(NC2=NCC3CC(c4ccccc4Cl)c4ccccc4C3=N2)CC1. The van der Waals surface area contributed by atoms with E-state index in [-0.39, 0.29) is 0 Å². The predicted molar refractivity (Wildman–Crippen MR) is 130 cm³/mol. The number of nitrogens with one attached hydrogen (secondary N) is 1. The molecule has 2 unspecified atom stereocenters. The Bertz CT molecular complexity index is 990. The zero-order valence-corrected chi connectivity index (χ0v) is 19.0. The molecular formula is C26H31ClN4. The minimum Gasteiger partial charge on any atom is -0.352 e. The molecule has 0 bridgehead atoms. The fourth-order valence-electron chi connectivity index (χ4n) is 5.37. The Hall–Kier alpha value is -2.17. The van der Waals surface area contributed by atoms with E-state index < -0.39 is 0 Å². The van der Waals surface area contributed by atoms with Crippen molar-refractivity contribution in [2.45, 2.75) is 44.6 Å². The molecule has 1 aliphatic carbocycles. The van der Waals surface area contributed by atoms with E-state index in [2.05, 4.69) is 53.5 Å². The first-order chi connectivity index (χ1) is 15.2. The number of nitrogens with zero attached hydrogens (tertiary/aromatic N) is 3. The van der Waals surface area contributed by atoms with E-state index >= 15 is 0 Å². The van der Waals surface area contributed by atoms with Gasteiger partial charge in [0.2, 0.25) is 5.96 Å². The maximum Gasteiger partial charge on any atom is 0.218 e. The number of fused-ring (bicyclic) bond motifs is 3. The summed E-state index contributed by atoms with van der Waals surface area (Å²) in [5.41, 5.74) is 5.00. The molecule has 0 saturated carbocycles. The molecule has 5 rings (SSSR count). The van der Waals surface area contributed by atoms with Gasteiger partial charge < -0.3 is 10.2 Å². The molecule has 0 amide bonds. The Morgan fingerprint density at radius 3 is 2.55 bits per heavy atom. The molecule has 2 aromatic carbocycles. The van der Waals surface area contributed by atoms with Gasteiger partial charge in [-0.2, -0.15) is 0 Å². The van der Waals surface area contributed by atoms with Gasteiger partial charge in [0.1, 0.15) is 0 Å². The molecule has 1 fully saturated rings. The van der Waals surface area contributed by atoms with Crippen molar-refractivity contribution in [1.29, 1.82) is 0 Å². The molecule has 31 heavy (non-hydrogen) atoms. The van der Waals surface area contributed by atoms with Gasteiger partial charge >= 0.3 is 0 Å². The van der Waals surface area contributed by atoms with Crippen LogP contribution in [0.5, 0.6) is 0 Å². The monoisotopic (exact) mass is 434 g/mol. The number of hydrogen-bond acceptors (Lipinski definition) is 4. The van der Waals surface area contributed by atoms with Gasteiger partial charge in [-0.3, -0.25) is 4.99 Å². The molecule has 0 radical (unpaired) electrons. The highest BCUT2D eigenvalue weighted by molar-refractivity contribution is 6.31. The van der Waals surface area contributed by atoms with Crippen LogP contribution in [0.1, 0.15) is 55.2 Å². The number of likely N-dealkylation sites (tertiary alicyclic amines) is 1. The normalized spacial score (nSPS) is 24.1. The zero-order chi connectivity index (χ0) is 21.2. The summed E-state index contributed by atoms with van der Waals surface area (Å²) in [6, 6.07) is 17.4.